The molecule has 1 aromatic heterocycles. The largest absolute Gasteiger partial charge is 0.392 e. The van der Waals surface area contributed by atoms with Gasteiger partial charge >= 0.3 is 0 Å². The lowest BCUT2D eigenvalue weighted by Crippen LogP contribution is -2.51. The number of aliphatic hydroxyl groups excluding tert-OH is 1. The van der Waals surface area contributed by atoms with Crippen molar-refractivity contribution in [3.63, 3.8) is 0 Å². The zero-order valence-electron chi connectivity index (χ0n) is 25.3. The smallest absolute Gasteiger partial charge is 0.240 e. The van der Waals surface area contributed by atoms with E-state index in [1.165, 1.54) is 0 Å². The molecule has 3 aromatic carbocycles. The van der Waals surface area contributed by atoms with Crippen molar-refractivity contribution in [2.75, 3.05) is 37.6 Å². The molecule has 236 valence electrons. The summed E-state index contributed by atoms with van der Waals surface area (Å²) in [5.74, 6) is 0.832. The highest BCUT2D eigenvalue weighted by Crippen LogP contribution is 2.42. The fraction of sp³-hybridized carbons (Fsp3) is 0.353. The molecule has 11 heteroatoms. The van der Waals surface area contributed by atoms with Gasteiger partial charge in [0.25, 0.3) is 0 Å². The second-order valence-electron chi connectivity index (χ2n) is 11.5. The summed E-state index contributed by atoms with van der Waals surface area (Å²) in [6.45, 7) is 6.52. The van der Waals surface area contributed by atoms with Crippen LogP contribution in [-0.2, 0) is 32.6 Å². The molecule has 0 aliphatic carbocycles. The first-order valence-corrected chi connectivity index (χ1v) is 16.8. The summed E-state index contributed by atoms with van der Waals surface area (Å²) >= 11 is 0. The highest BCUT2D eigenvalue weighted by atomic mass is 32.2. The number of ether oxygens (including phenoxy) is 2. The molecule has 2 aliphatic heterocycles. The van der Waals surface area contributed by atoms with E-state index in [1.54, 1.807) is 42.7 Å². The zero-order valence-corrected chi connectivity index (χ0v) is 26.1. The molecule has 2 N–H and O–H groups in total. The van der Waals surface area contributed by atoms with Gasteiger partial charge in [0.2, 0.25) is 16.0 Å². The molecule has 0 amide bonds. The van der Waals surface area contributed by atoms with Crippen molar-refractivity contribution < 1.29 is 23.0 Å². The quantitative estimate of drug-likeness (QED) is 0.268. The second-order valence-corrected chi connectivity index (χ2v) is 13.3. The molecule has 4 atom stereocenters. The summed E-state index contributed by atoms with van der Waals surface area (Å²) in [6, 6.07) is 25.8. The first-order chi connectivity index (χ1) is 21.9. The fourth-order valence-corrected chi connectivity index (χ4v) is 6.86. The van der Waals surface area contributed by atoms with Crippen molar-refractivity contribution in [1.29, 1.82) is 0 Å². The number of nitrogens with zero attached hydrogens (tertiary/aromatic N) is 4. The van der Waals surface area contributed by atoms with Crippen LogP contribution in [0.25, 0.3) is 0 Å². The Bertz CT molecular complexity index is 1620. The standard InChI is InChI=1S/C34H39N5O5S/c1-25-31(23-38-18-20-39(21-19-38)34-35-16-5-17-36-34)43-33(44-32(25)28-12-10-27(24-40)11-13-28)29-14-8-26(9-15-29)22-37-45(41,42)30-6-3-2-4-7-30/h2-17,25,31-33,37,40H,18-24H2,1H3. The summed E-state index contributed by atoms with van der Waals surface area (Å²) in [4.78, 5) is 13.7. The Kier molecular flexibility index (Phi) is 9.84. The lowest BCUT2D eigenvalue weighted by molar-refractivity contribution is -0.276. The van der Waals surface area contributed by atoms with Crippen molar-refractivity contribution in [2.45, 2.75) is 43.5 Å². The van der Waals surface area contributed by atoms with Gasteiger partial charge in [-0.3, -0.25) is 4.90 Å². The molecule has 0 saturated carbocycles. The normalized spacial score (nSPS) is 22.8. The Labute approximate surface area is 264 Å². The van der Waals surface area contributed by atoms with Gasteiger partial charge in [0.15, 0.2) is 6.29 Å². The third kappa shape index (κ3) is 7.58. The molecule has 4 unspecified atom stereocenters. The van der Waals surface area contributed by atoms with Crippen LogP contribution in [0.1, 0.15) is 41.6 Å². The summed E-state index contributed by atoms with van der Waals surface area (Å²) in [5, 5.41) is 9.55. The maximum atomic E-state index is 12.7. The first kappa shape index (κ1) is 31.3. The van der Waals surface area contributed by atoms with E-state index in [-0.39, 0.29) is 36.2 Å². The van der Waals surface area contributed by atoms with Gasteiger partial charge in [-0.05, 0) is 34.9 Å². The number of nitrogens with one attached hydrogen (secondary N) is 1. The van der Waals surface area contributed by atoms with Gasteiger partial charge in [0.05, 0.1) is 23.7 Å². The minimum Gasteiger partial charge on any atom is -0.392 e. The zero-order chi connectivity index (χ0) is 31.2. The number of anilines is 1. The van der Waals surface area contributed by atoms with Gasteiger partial charge < -0.3 is 19.5 Å². The van der Waals surface area contributed by atoms with E-state index in [0.29, 0.717) is 0 Å². The van der Waals surface area contributed by atoms with Crippen molar-refractivity contribution >= 4 is 16.0 Å². The molecule has 2 fully saturated rings. The number of piperazine rings is 1. The molecule has 45 heavy (non-hydrogen) atoms. The Balaban J connectivity index is 1.15. The minimum atomic E-state index is -3.61. The number of benzene rings is 3. The number of sulfonamides is 1. The molecule has 6 rings (SSSR count). The Morgan fingerprint density at radius 3 is 2.13 bits per heavy atom. The van der Waals surface area contributed by atoms with Gasteiger partial charge in [0, 0.05) is 63.1 Å². The minimum absolute atomic E-state index is 0.0103. The number of aliphatic hydroxyl groups is 1. The molecule has 2 aliphatic rings. The third-order valence-electron chi connectivity index (χ3n) is 8.54. The molecule has 0 radical (unpaired) electrons. The van der Waals surface area contributed by atoms with E-state index in [1.807, 2.05) is 54.6 Å². The van der Waals surface area contributed by atoms with Gasteiger partial charge in [-0.15, -0.1) is 0 Å². The Hall–Kier alpha value is -3.71. The van der Waals surface area contributed by atoms with Crippen LogP contribution in [0.15, 0.2) is 102 Å². The van der Waals surface area contributed by atoms with Crippen molar-refractivity contribution in [3.8, 4) is 0 Å². The SMILES string of the molecule is CC1C(CN2CCN(c3ncccn3)CC2)OC(c2ccc(CNS(=O)(=O)c3ccccc3)cc2)OC1c1ccc(CO)cc1. The molecular weight excluding hydrogens is 590 g/mol. The van der Waals surface area contributed by atoms with Crippen LogP contribution < -0.4 is 9.62 Å². The molecular formula is C34H39N5O5S. The van der Waals surface area contributed by atoms with Crippen LogP contribution in [0.3, 0.4) is 0 Å². The van der Waals surface area contributed by atoms with Crippen molar-refractivity contribution in [1.82, 2.24) is 19.6 Å². The summed E-state index contributed by atoms with van der Waals surface area (Å²) < 4.78 is 41.3. The van der Waals surface area contributed by atoms with Crippen LogP contribution in [0.4, 0.5) is 5.95 Å². The highest BCUT2D eigenvalue weighted by Gasteiger charge is 2.39. The van der Waals surface area contributed by atoms with Crippen LogP contribution in [-0.4, -0.2) is 67.2 Å². The second kappa shape index (κ2) is 14.2. The molecule has 3 heterocycles. The van der Waals surface area contributed by atoms with E-state index in [4.69, 9.17) is 9.47 Å². The summed E-state index contributed by atoms with van der Waals surface area (Å²) in [7, 11) is -3.61. The maximum Gasteiger partial charge on any atom is 0.240 e. The predicted molar refractivity (Wildman–Crippen MR) is 171 cm³/mol. The Morgan fingerprint density at radius 2 is 1.47 bits per heavy atom. The average Bonchev–Trinajstić information content (AvgIpc) is 3.10. The van der Waals surface area contributed by atoms with E-state index in [0.717, 1.165) is 60.9 Å². The lowest BCUT2D eigenvalue weighted by Gasteiger charge is -2.44. The molecule has 0 bridgehead atoms. The number of aromatic nitrogens is 2. The van der Waals surface area contributed by atoms with Gasteiger partial charge in [0.1, 0.15) is 0 Å². The van der Waals surface area contributed by atoms with Gasteiger partial charge in [-0.25, -0.2) is 23.1 Å². The molecule has 2 saturated heterocycles. The van der Waals surface area contributed by atoms with E-state index < -0.39 is 16.3 Å². The number of hydrogen-bond acceptors (Lipinski definition) is 9. The van der Waals surface area contributed by atoms with Gasteiger partial charge in [-0.2, -0.15) is 0 Å². The first-order valence-electron chi connectivity index (χ1n) is 15.3. The van der Waals surface area contributed by atoms with E-state index >= 15 is 0 Å². The van der Waals surface area contributed by atoms with Crippen LogP contribution in [0, 0.1) is 5.92 Å². The van der Waals surface area contributed by atoms with Crippen LogP contribution in [0.2, 0.25) is 0 Å². The van der Waals surface area contributed by atoms with Crippen molar-refractivity contribution in [3.05, 3.63) is 120 Å². The van der Waals surface area contributed by atoms with E-state index in [2.05, 4.69) is 31.4 Å². The fourth-order valence-electron chi connectivity index (χ4n) is 5.82. The summed E-state index contributed by atoms with van der Waals surface area (Å²) in [5.41, 5.74) is 3.58. The lowest BCUT2D eigenvalue weighted by atomic mass is 9.90. The van der Waals surface area contributed by atoms with Gasteiger partial charge in [-0.1, -0.05) is 73.7 Å². The molecule has 0 spiro atoms. The molecule has 4 aromatic rings. The monoisotopic (exact) mass is 629 g/mol. The number of hydrogen-bond donors (Lipinski definition) is 2. The molecule has 10 nitrogen and oxygen atoms in total. The highest BCUT2D eigenvalue weighted by molar-refractivity contribution is 7.89. The topological polar surface area (TPSA) is 117 Å². The average molecular weight is 630 g/mol. The predicted octanol–water partition coefficient (Wildman–Crippen LogP) is 4.06. The maximum absolute atomic E-state index is 12.7. The van der Waals surface area contributed by atoms with E-state index in [9.17, 15) is 13.5 Å². The third-order valence-corrected chi connectivity index (χ3v) is 9.96. The number of rotatable bonds is 10. The summed E-state index contributed by atoms with van der Waals surface area (Å²) in [6.07, 6.45) is 2.65. The van der Waals surface area contributed by atoms with Crippen LogP contribution >= 0.6 is 0 Å². The Morgan fingerprint density at radius 1 is 0.822 bits per heavy atom. The van der Waals surface area contributed by atoms with Crippen LogP contribution in [0.5, 0.6) is 0 Å². The van der Waals surface area contributed by atoms with Crippen molar-refractivity contribution in [2.24, 2.45) is 5.92 Å².